The van der Waals surface area contributed by atoms with Gasteiger partial charge in [0.05, 0.1) is 12.2 Å². The fourth-order valence-corrected chi connectivity index (χ4v) is 0.879. The average molecular weight is 219 g/mol. The van der Waals surface area contributed by atoms with E-state index in [1.54, 1.807) is 0 Å². The van der Waals surface area contributed by atoms with Crippen LogP contribution in [0.3, 0.4) is 0 Å². The first-order valence-electron chi connectivity index (χ1n) is 3.89. The minimum atomic E-state index is -1.28. The van der Waals surface area contributed by atoms with Gasteiger partial charge in [0.2, 0.25) is 0 Å². The van der Waals surface area contributed by atoms with Crippen molar-refractivity contribution in [1.29, 1.82) is 0 Å². The second kappa shape index (κ2) is 4.54. The summed E-state index contributed by atoms with van der Waals surface area (Å²) in [5, 5.41) is 13.1. The Morgan fingerprint density at radius 3 is 2.47 bits per heavy atom. The average Bonchev–Trinajstić information content (AvgIpc) is 2.21. The molecular formula is C8H8F3N3O. The van der Waals surface area contributed by atoms with Gasteiger partial charge in [0.15, 0.2) is 17.5 Å². The van der Waals surface area contributed by atoms with E-state index in [2.05, 4.69) is 10.5 Å². The Labute approximate surface area is 83.2 Å². The fraction of sp³-hybridized carbons (Fsp3) is 0.125. The Balaban J connectivity index is 2.82. The van der Waals surface area contributed by atoms with E-state index in [4.69, 9.17) is 10.9 Å². The lowest BCUT2D eigenvalue weighted by atomic mass is 10.3. The number of nitrogens with one attached hydrogen (secondary N) is 1. The number of nitrogens with zero attached hydrogens (tertiary/aromatic N) is 1. The molecule has 0 aromatic heterocycles. The molecule has 4 nitrogen and oxygen atoms in total. The fourth-order valence-electron chi connectivity index (χ4n) is 0.879. The van der Waals surface area contributed by atoms with Crippen LogP contribution in [0.1, 0.15) is 0 Å². The summed E-state index contributed by atoms with van der Waals surface area (Å²) >= 11 is 0. The van der Waals surface area contributed by atoms with Gasteiger partial charge in [-0.05, 0) is 0 Å². The van der Waals surface area contributed by atoms with Crippen molar-refractivity contribution in [3.8, 4) is 0 Å². The van der Waals surface area contributed by atoms with Gasteiger partial charge in [-0.1, -0.05) is 5.16 Å². The molecule has 1 aromatic carbocycles. The number of amidine groups is 1. The van der Waals surface area contributed by atoms with Gasteiger partial charge in [0, 0.05) is 12.1 Å². The van der Waals surface area contributed by atoms with Crippen molar-refractivity contribution >= 4 is 11.5 Å². The number of anilines is 1. The number of oxime groups is 1. The van der Waals surface area contributed by atoms with Crippen LogP contribution in [-0.4, -0.2) is 17.6 Å². The first-order chi connectivity index (χ1) is 7.04. The molecule has 0 unspecified atom stereocenters. The molecule has 0 saturated heterocycles. The van der Waals surface area contributed by atoms with Crippen LogP contribution < -0.4 is 11.1 Å². The van der Waals surface area contributed by atoms with E-state index < -0.39 is 17.5 Å². The molecule has 0 fully saturated rings. The van der Waals surface area contributed by atoms with Crippen molar-refractivity contribution in [3.05, 3.63) is 29.6 Å². The molecule has 0 saturated carbocycles. The van der Waals surface area contributed by atoms with Crippen LogP contribution in [0.15, 0.2) is 17.3 Å². The number of nitrogens with two attached hydrogens (primary N) is 1. The standard InChI is InChI=1S/C8H8F3N3O/c9-4-1-6(11)7(2-5(4)10)13-3-8(12)14-15/h1-2,13,15H,3H2,(H2,12,14). The molecule has 0 bridgehead atoms. The normalized spacial score (nSPS) is 11.5. The molecule has 0 aliphatic heterocycles. The van der Waals surface area contributed by atoms with Crippen molar-refractivity contribution in [1.82, 2.24) is 0 Å². The number of benzene rings is 1. The molecule has 82 valence electrons. The van der Waals surface area contributed by atoms with E-state index >= 15 is 0 Å². The smallest absolute Gasteiger partial charge is 0.161 e. The van der Waals surface area contributed by atoms with E-state index in [0.717, 1.165) is 0 Å². The van der Waals surface area contributed by atoms with Crippen LogP contribution in [0.2, 0.25) is 0 Å². The molecular weight excluding hydrogens is 211 g/mol. The minimum Gasteiger partial charge on any atom is -0.409 e. The molecule has 4 N–H and O–H groups in total. The molecule has 15 heavy (non-hydrogen) atoms. The van der Waals surface area contributed by atoms with Crippen molar-refractivity contribution in [2.24, 2.45) is 10.9 Å². The maximum absolute atomic E-state index is 13.0. The minimum absolute atomic E-state index is 0.182. The number of hydrogen-bond donors (Lipinski definition) is 3. The highest BCUT2D eigenvalue weighted by Crippen LogP contribution is 2.17. The lowest BCUT2D eigenvalue weighted by Gasteiger charge is -2.06. The second-order valence-electron chi connectivity index (χ2n) is 2.69. The Morgan fingerprint density at radius 2 is 1.87 bits per heavy atom. The van der Waals surface area contributed by atoms with Crippen molar-refractivity contribution in [2.75, 3.05) is 11.9 Å². The molecule has 1 rings (SSSR count). The first-order valence-corrected chi connectivity index (χ1v) is 3.89. The predicted octanol–water partition coefficient (Wildman–Crippen LogP) is 1.26. The zero-order valence-electron chi connectivity index (χ0n) is 7.47. The van der Waals surface area contributed by atoms with Crippen molar-refractivity contribution in [2.45, 2.75) is 0 Å². The van der Waals surface area contributed by atoms with Gasteiger partial charge in [-0.2, -0.15) is 0 Å². The largest absolute Gasteiger partial charge is 0.409 e. The van der Waals surface area contributed by atoms with E-state index in [-0.39, 0.29) is 18.1 Å². The third-order valence-corrected chi connectivity index (χ3v) is 1.60. The number of halogens is 3. The van der Waals surface area contributed by atoms with Crippen LogP contribution in [0.25, 0.3) is 0 Å². The molecule has 0 heterocycles. The van der Waals surface area contributed by atoms with Crippen LogP contribution in [-0.2, 0) is 0 Å². The van der Waals surface area contributed by atoms with Gasteiger partial charge in [0.25, 0.3) is 0 Å². The number of rotatable bonds is 3. The van der Waals surface area contributed by atoms with E-state index in [0.29, 0.717) is 12.1 Å². The van der Waals surface area contributed by atoms with Crippen LogP contribution in [0.4, 0.5) is 18.9 Å². The van der Waals surface area contributed by atoms with Gasteiger partial charge >= 0.3 is 0 Å². The summed E-state index contributed by atoms with van der Waals surface area (Å²) in [5.41, 5.74) is 4.82. The molecule has 0 atom stereocenters. The Morgan fingerprint density at radius 1 is 1.27 bits per heavy atom. The summed E-state index contributed by atoms with van der Waals surface area (Å²) in [5.74, 6) is -3.63. The summed E-state index contributed by atoms with van der Waals surface area (Å²) < 4.78 is 38.1. The Hall–Kier alpha value is -1.92. The number of hydrogen-bond acceptors (Lipinski definition) is 3. The topological polar surface area (TPSA) is 70.6 Å². The summed E-state index contributed by atoms with van der Waals surface area (Å²) in [6, 6.07) is 1.05. The summed E-state index contributed by atoms with van der Waals surface area (Å²) in [7, 11) is 0. The highest BCUT2D eigenvalue weighted by atomic mass is 19.2. The first kappa shape index (κ1) is 11.2. The van der Waals surface area contributed by atoms with Crippen LogP contribution >= 0.6 is 0 Å². The molecule has 0 aliphatic carbocycles. The van der Waals surface area contributed by atoms with Gasteiger partial charge in [-0.25, -0.2) is 13.2 Å². The van der Waals surface area contributed by atoms with Gasteiger partial charge < -0.3 is 16.3 Å². The highest BCUT2D eigenvalue weighted by Gasteiger charge is 2.09. The zero-order valence-corrected chi connectivity index (χ0v) is 7.47. The monoisotopic (exact) mass is 219 g/mol. The van der Waals surface area contributed by atoms with Crippen molar-refractivity contribution < 1.29 is 18.4 Å². The predicted molar refractivity (Wildman–Crippen MR) is 48.2 cm³/mol. The summed E-state index contributed by atoms with van der Waals surface area (Å²) in [6.45, 7) is -0.182. The molecule has 0 aliphatic rings. The third-order valence-electron chi connectivity index (χ3n) is 1.60. The highest BCUT2D eigenvalue weighted by molar-refractivity contribution is 5.84. The third kappa shape index (κ3) is 2.76. The molecule has 1 aromatic rings. The zero-order chi connectivity index (χ0) is 11.4. The van der Waals surface area contributed by atoms with E-state index in [9.17, 15) is 13.2 Å². The quantitative estimate of drug-likeness (QED) is 0.235. The van der Waals surface area contributed by atoms with Gasteiger partial charge in [0.1, 0.15) is 5.82 Å². The van der Waals surface area contributed by atoms with Crippen LogP contribution in [0.5, 0.6) is 0 Å². The maximum Gasteiger partial charge on any atom is 0.161 e. The summed E-state index contributed by atoms with van der Waals surface area (Å²) in [6.07, 6.45) is 0. The van der Waals surface area contributed by atoms with E-state index in [1.807, 2.05) is 0 Å². The Bertz CT molecular complexity index is 395. The van der Waals surface area contributed by atoms with Gasteiger partial charge in [-0.15, -0.1) is 0 Å². The Kier molecular flexibility index (Phi) is 3.37. The lowest BCUT2D eigenvalue weighted by molar-refractivity contribution is 0.317. The SMILES string of the molecule is NC(CNc1cc(F)c(F)cc1F)=NO. The van der Waals surface area contributed by atoms with Crippen LogP contribution in [0, 0.1) is 17.5 Å². The molecule has 0 amide bonds. The van der Waals surface area contributed by atoms with Gasteiger partial charge in [-0.3, -0.25) is 0 Å². The molecule has 0 radical (unpaired) electrons. The summed E-state index contributed by atoms with van der Waals surface area (Å²) in [4.78, 5) is 0. The lowest BCUT2D eigenvalue weighted by Crippen LogP contribution is -2.23. The van der Waals surface area contributed by atoms with Crippen molar-refractivity contribution in [3.63, 3.8) is 0 Å². The molecule has 7 heteroatoms. The second-order valence-corrected chi connectivity index (χ2v) is 2.69. The van der Waals surface area contributed by atoms with E-state index in [1.165, 1.54) is 0 Å². The molecule has 0 spiro atoms. The maximum atomic E-state index is 13.0.